The van der Waals surface area contributed by atoms with Gasteiger partial charge in [-0.3, -0.25) is 9.79 Å². The minimum absolute atomic E-state index is 0.0103. The van der Waals surface area contributed by atoms with Crippen molar-refractivity contribution in [2.24, 2.45) is 34.4 Å². The normalized spacial score (nSPS) is 20.8. The van der Waals surface area contributed by atoms with Crippen LogP contribution in [0.4, 0.5) is 5.69 Å². The Morgan fingerprint density at radius 1 is 1.00 bits per heavy atom. The summed E-state index contributed by atoms with van der Waals surface area (Å²) in [7, 11) is 3.62. The zero-order valence-corrected chi connectivity index (χ0v) is 31.2. The van der Waals surface area contributed by atoms with E-state index in [-0.39, 0.29) is 41.2 Å². The zero-order valence-electron chi connectivity index (χ0n) is 29.6. The van der Waals surface area contributed by atoms with Crippen LogP contribution in [-0.2, 0) is 13.0 Å². The number of aliphatic hydroxyl groups excluding tert-OH is 1. The number of phenols is 1. The average Bonchev–Trinajstić information content (AvgIpc) is 3.79. The number of ketones is 1. The van der Waals surface area contributed by atoms with Crippen molar-refractivity contribution in [1.82, 2.24) is 10.6 Å². The maximum Gasteiger partial charge on any atom is 0.188 e. The number of benzene rings is 2. The highest BCUT2D eigenvalue weighted by molar-refractivity contribution is 7.23. The third-order valence-corrected chi connectivity index (χ3v) is 12.2. The van der Waals surface area contributed by atoms with E-state index in [2.05, 4.69) is 75.3 Å². The van der Waals surface area contributed by atoms with E-state index >= 15 is 0 Å². The fraction of sp³-hybridized carbons (Fsp3) is 0.366. The van der Waals surface area contributed by atoms with E-state index in [0.717, 1.165) is 50.1 Å². The number of hydrogen-bond acceptors (Lipinski definition) is 8. The van der Waals surface area contributed by atoms with E-state index in [1.54, 1.807) is 48.8 Å². The summed E-state index contributed by atoms with van der Waals surface area (Å²) in [6, 6.07) is 20.1. The number of phenolic OH excluding ortho intramolecular Hbond substituents is 1. The maximum atomic E-state index is 14.5. The van der Waals surface area contributed by atoms with Gasteiger partial charge in [0.05, 0.1) is 15.9 Å². The third-order valence-electron chi connectivity index (χ3n) is 9.90. The maximum absolute atomic E-state index is 14.5. The van der Waals surface area contributed by atoms with E-state index in [0.29, 0.717) is 18.9 Å². The molecule has 4 aromatic rings. The van der Waals surface area contributed by atoms with E-state index in [1.807, 2.05) is 32.2 Å². The molecule has 1 fully saturated rings. The van der Waals surface area contributed by atoms with Crippen LogP contribution < -0.4 is 32.1 Å². The number of rotatable bonds is 12. The molecule has 0 spiro atoms. The molecule has 2 aromatic heterocycles. The quantitative estimate of drug-likeness (QED) is 0.0530. The summed E-state index contributed by atoms with van der Waals surface area (Å²) < 4.78 is 0. The predicted octanol–water partition coefficient (Wildman–Crippen LogP) is 4.93. The lowest BCUT2D eigenvalue weighted by molar-refractivity contribution is 0.0768. The predicted molar refractivity (Wildman–Crippen MR) is 212 cm³/mol. The number of fused-ring (bicyclic) bond motifs is 2. The SMILES string of the molecule is CC#Cc1ccc(-c2ccc(C(=O)C3CCC(C(Cc4cc(O)cc(NCC(C)O)c4)NC(N)=NC)C4C=c5ccc(CNC)cc5=CC34)s2)s1. The Hall–Kier alpha value is -4.40. The van der Waals surface area contributed by atoms with Crippen LogP contribution in [0.25, 0.3) is 21.9 Å². The number of anilines is 1. The summed E-state index contributed by atoms with van der Waals surface area (Å²) in [5.41, 5.74) is 9.23. The highest BCUT2D eigenvalue weighted by Gasteiger charge is 2.44. The van der Waals surface area contributed by atoms with Crippen LogP contribution in [0.15, 0.2) is 65.7 Å². The van der Waals surface area contributed by atoms with Crippen LogP contribution in [0.3, 0.4) is 0 Å². The van der Waals surface area contributed by atoms with Gasteiger partial charge in [-0.25, -0.2) is 0 Å². The number of thiophene rings is 2. The first-order chi connectivity index (χ1) is 24.6. The van der Waals surface area contributed by atoms with Crippen molar-refractivity contribution in [3.8, 4) is 27.3 Å². The molecular formula is C41H47N5O3S2. The molecule has 0 saturated heterocycles. The number of carbonyl (C=O) groups excluding carboxylic acids is 1. The van der Waals surface area contributed by atoms with Crippen LogP contribution >= 0.6 is 22.7 Å². The van der Waals surface area contributed by atoms with Crippen molar-refractivity contribution < 1.29 is 15.0 Å². The van der Waals surface area contributed by atoms with Gasteiger partial charge in [0, 0.05) is 53.6 Å². The Kier molecular flexibility index (Phi) is 11.6. The van der Waals surface area contributed by atoms with Gasteiger partial charge in [-0.05, 0) is 116 Å². The average molecular weight is 722 g/mol. The van der Waals surface area contributed by atoms with Crippen molar-refractivity contribution in [3.63, 3.8) is 0 Å². The summed E-state index contributed by atoms with van der Waals surface area (Å²) in [5, 5.41) is 32.8. The first-order valence-corrected chi connectivity index (χ1v) is 19.2. The molecule has 0 bridgehead atoms. The molecule has 7 N–H and O–H groups in total. The Morgan fingerprint density at radius 2 is 1.78 bits per heavy atom. The lowest BCUT2D eigenvalue weighted by Gasteiger charge is -2.45. The number of aliphatic imine (C=N–C) groups is 1. The fourth-order valence-electron chi connectivity index (χ4n) is 7.62. The lowest BCUT2D eigenvalue weighted by Crippen LogP contribution is -2.52. The van der Waals surface area contributed by atoms with E-state index < -0.39 is 6.10 Å². The van der Waals surface area contributed by atoms with Gasteiger partial charge < -0.3 is 31.9 Å². The van der Waals surface area contributed by atoms with Crippen LogP contribution in [0.5, 0.6) is 5.75 Å². The Labute approximate surface area is 308 Å². The van der Waals surface area contributed by atoms with Crippen molar-refractivity contribution in [3.05, 3.63) is 92.0 Å². The molecule has 2 heterocycles. The molecule has 51 heavy (non-hydrogen) atoms. The highest BCUT2D eigenvalue weighted by Crippen LogP contribution is 2.46. The topological polar surface area (TPSA) is 132 Å². The summed E-state index contributed by atoms with van der Waals surface area (Å²) in [6.07, 6.45) is 6.34. The van der Waals surface area contributed by atoms with Gasteiger partial charge in [-0.1, -0.05) is 36.3 Å². The largest absolute Gasteiger partial charge is 0.508 e. The first kappa shape index (κ1) is 36.4. The van der Waals surface area contributed by atoms with Gasteiger partial charge in [0.15, 0.2) is 11.7 Å². The molecule has 1 saturated carbocycles. The molecule has 10 heteroatoms. The smallest absolute Gasteiger partial charge is 0.188 e. The number of Topliss-reactive ketones (excluding diaryl/α,β-unsaturated/α-hetero) is 1. The Morgan fingerprint density at radius 3 is 2.55 bits per heavy atom. The fourth-order valence-corrected chi connectivity index (χ4v) is 9.63. The lowest BCUT2D eigenvalue weighted by atomic mass is 9.61. The van der Waals surface area contributed by atoms with Crippen molar-refractivity contribution in [1.29, 1.82) is 0 Å². The van der Waals surface area contributed by atoms with E-state index in [1.165, 1.54) is 16.0 Å². The third kappa shape index (κ3) is 8.57. The molecule has 266 valence electrons. The number of aromatic hydroxyl groups is 1. The minimum Gasteiger partial charge on any atom is -0.508 e. The minimum atomic E-state index is -0.527. The first-order valence-electron chi connectivity index (χ1n) is 17.5. The number of aliphatic hydroxyl groups is 1. The van der Waals surface area contributed by atoms with Crippen LogP contribution in [0, 0.1) is 35.5 Å². The number of carbonyl (C=O) groups is 1. The van der Waals surface area contributed by atoms with Crippen molar-refractivity contribution >= 4 is 52.3 Å². The number of hydrogen-bond donors (Lipinski definition) is 6. The van der Waals surface area contributed by atoms with Crippen LogP contribution in [0.1, 0.15) is 52.4 Å². The summed E-state index contributed by atoms with van der Waals surface area (Å²) in [4.78, 5) is 22.8. The van der Waals surface area contributed by atoms with Crippen LogP contribution in [-0.4, -0.2) is 54.7 Å². The summed E-state index contributed by atoms with van der Waals surface area (Å²) in [5.74, 6) is 6.82. The second kappa shape index (κ2) is 16.3. The summed E-state index contributed by atoms with van der Waals surface area (Å²) in [6.45, 7) is 4.70. The number of nitrogens with zero attached hydrogens (tertiary/aromatic N) is 1. The van der Waals surface area contributed by atoms with Gasteiger partial charge in [0.2, 0.25) is 0 Å². The summed E-state index contributed by atoms with van der Waals surface area (Å²) >= 11 is 3.23. The van der Waals surface area contributed by atoms with Crippen molar-refractivity contribution in [2.45, 2.75) is 51.8 Å². The molecule has 6 unspecified atom stereocenters. The monoisotopic (exact) mass is 721 g/mol. The van der Waals surface area contributed by atoms with Crippen molar-refractivity contribution in [2.75, 3.05) is 26.0 Å². The standard InChI is InChI=1S/C41H47N5O3S2/c1-5-6-31-9-12-37(50-31)38-13-14-39(51-38)40(49)33-11-10-32(34-19-27-8-7-25(23-43-3)15-28(27)20-35(33)34)36(46-41(42)44-4)18-26-16-29(21-30(48)17-26)45-22-24(2)47/h7-9,12-17,19-21,24,32-36,43,45,47-48H,10-11,18,22-23H2,1-4H3,(H3,42,44,46). The molecule has 8 nitrogen and oxygen atoms in total. The number of guanidine groups is 1. The molecule has 0 aliphatic heterocycles. The second-order valence-corrected chi connectivity index (χ2v) is 15.7. The molecule has 0 amide bonds. The van der Waals surface area contributed by atoms with Crippen LogP contribution in [0.2, 0.25) is 0 Å². The molecule has 6 rings (SSSR count). The van der Waals surface area contributed by atoms with Gasteiger partial charge >= 0.3 is 0 Å². The second-order valence-electron chi connectivity index (χ2n) is 13.6. The number of nitrogens with two attached hydrogens (primary N) is 1. The van der Waals surface area contributed by atoms with Gasteiger partial charge in [0.1, 0.15) is 5.75 Å². The highest BCUT2D eigenvalue weighted by atomic mass is 32.1. The molecule has 2 aliphatic carbocycles. The van der Waals surface area contributed by atoms with Gasteiger partial charge in [0.25, 0.3) is 0 Å². The Bertz CT molecular complexity index is 2090. The van der Waals surface area contributed by atoms with Gasteiger partial charge in [-0.2, -0.15) is 0 Å². The van der Waals surface area contributed by atoms with Gasteiger partial charge in [-0.15, -0.1) is 28.6 Å². The molecule has 2 aromatic carbocycles. The molecule has 0 radical (unpaired) electrons. The van der Waals surface area contributed by atoms with E-state index in [9.17, 15) is 15.0 Å². The molecule has 6 atom stereocenters. The van der Waals surface area contributed by atoms with E-state index in [4.69, 9.17) is 5.73 Å². The zero-order chi connectivity index (χ0) is 36.1. The number of nitrogens with one attached hydrogen (secondary N) is 3. The molecular weight excluding hydrogens is 675 g/mol. The Balaban J connectivity index is 1.35. The molecule has 2 aliphatic rings.